The first-order valence-electron chi connectivity index (χ1n) is 5.01. The molecule has 1 aromatic rings. The van der Waals surface area contributed by atoms with Crippen LogP contribution in [0.4, 0.5) is 0 Å². The van der Waals surface area contributed by atoms with E-state index in [-0.39, 0.29) is 17.2 Å². The van der Waals surface area contributed by atoms with Gasteiger partial charge in [-0.25, -0.2) is 4.79 Å². The van der Waals surface area contributed by atoms with Crippen LogP contribution in [0.5, 0.6) is 0 Å². The van der Waals surface area contributed by atoms with Crippen molar-refractivity contribution < 1.29 is 0 Å². The summed E-state index contributed by atoms with van der Waals surface area (Å²) >= 11 is 1.45. The predicted molar refractivity (Wildman–Crippen MR) is 62.6 cm³/mol. The molecule has 5 heteroatoms. The minimum Gasteiger partial charge on any atom is -0.313 e. The van der Waals surface area contributed by atoms with Gasteiger partial charge in [0.15, 0.2) is 0 Å². The Bertz CT molecular complexity index is 434. The third-order valence-corrected chi connectivity index (χ3v) is 2.77. The highest BCUT2D eigenvalue weighted by atomic mass is 32.2. The smallest absolute Gasteiger partial charge is 0.313 e. The maximum absolute atomic E-state index is 11.8. The van der Waals surface area contributed by atoms with Crippen molar-refractivity contribution in [2.24, 2.45) is 5.92 Å². The summed E-state index contributed by atoms with van der Waals surface area (Å²) < 4.78 is 1.27. The Hall–Kier alpha value is -0.970. The summed E-state index contributed by atoms with van der Waals surface area (Å²) in [6, 6.07) is 0. The quantitative estimate of drug-likeness (QED) is 0.790. The third kappa shape index (κ3) is 2.99. The summed E-state index contributed by atoms with van der Waals surface area (Å²) in [5.41, 5.74) is -0.506. The van der Waals surface area contributed by atoms with Crippen LogP contribution in [0.3, 0.4) is 0 Å². The second kappa shape index (κ2) is 5.21. The first kappa shape index (κ1) is 12.1. The number of nitrogens with zero attached hydrogens (tertiary/aromatic N) is 1. The second-order valence-corrected chi connectivity index (χ2v) is 5.01. The summed E-state index contributed by atoms with van der Waals surface area (Å²) in [5, 5.41) is 0. The van der Waals surface area contributed by atoms with E-state index >= 15 is 0 Å². The lowest BCUT2D eigenvalue weighted by Gasteiger charge is -2.08. The van der Waals surface area contributed by atoms with Crippen molar-refractivity contribution in [3.63, 3.8) is 0 Å². The summed E-state index contributed by atoms with van der Waals surface area (Å²) in [6.07, 6.45) is 1.50. The fourth-order valence-electron chi connectivity index (χ4n) is 1.28. The zero-order chi connectivity index (χ0) is 11.4. The van der Waals surface area contributed by atoms with Crippen LogP contribution in [-0.2, 0) is 6.54 Å². The number of aromatic amines is 1. The number of nitrogens with one attached hydrogen (secondary N) is 1. The van der Waals surface area contributed by atoms with Crippen molar-refractivity contribution in [1.82, 2.24) is 9.55 Å². The van der Waals surface area contributed by atoms with Gasteiger partial charge in [0, 0.05) is 12.7 Å². The molecule has 4 nitrogen and oxygen atoms in total. The summed E-state index contributed by atoms with van der Waals surface area (Å²) in [6.45, 7) is 6.39. The van der Waals surface area contributed by atoms with Crippen LogP contribution in [0.15, 0.2) is 20.7 Å². The fraction of sp³-hybridized carbons (Fsp3) is 0.600. The molecule has 15 heavy (non-hydrogen) atoms. The molecular weight excluding hydrogens is 212 g/mol. The molecule has 84 valence electrons. The molecule has 1 N–H and O–H groups in total. The average molecular weight is 228 g/mol. The predicted octanol–water partition coefficient (Wildman–Crippen LogP) is 1.30. The molecule has 0 saturated heterocycles. The van der Waals surface area contributed by atoms with Gasteiger partial charge in [-0.05, 0) is 11.7 Å². The molecule has 0 aliphatic carbocycles. The molecule has 0 atom stereocenters. The Morgan fingerprint density at radius 1 is 1.47 bits per heavy atom. The van der Waals surface area contributed by atoms with Gasteiger partial charge in [0.25, 0.3) is 5.56 Å². The van der Waals surface area contributed by atoms with E-state index in [0.717, 1.165) is 5.75 Å². The molecular formula is C10H16N2O2S. The number of thioether (sulfide) groups is 1. The Morgan fingerprint density at radius 2 is 2.13 bits per heavy atom. The van der Waals surface area contributed by atoms with Gasteiger partial charge in [0.05, 0.1) is 4.90 Å². The van der Waals surface area contributed by atoms with Gasteiger partial charge in [-0.1, -0.05) is 20.8 Å². The van der Waals surface area contributed by atoms with Crippen molar-refractivity contribution >= 4 is 11.8 Å². The summed E-state index contributed by atoms with van der Waals surface area (Å²) in [7, 11) is 0. The minimum absolute atomic E-state index is 0.181. The van der Waals surface area contributed by atoms with E-state index in [9.17, 15) is 9.59 Å². The number of aromatic nitrogens is 2. The zero-order valence-corrected chi connectivity index (χ0v) is 10.1. The Morgan fingerprint density at radius 3 is 2.67 bits per heavy atom. The first-order chi connectivity index (χ1) is 7.06. The maximum Gasteiger partial charge on any atom is 0.328 e. The van der Waals surface area contributed by atoms with Crippen LogP contribution in [0.2, 0.25) is 0 Å². The summed E-state index contributed by atoms with van der Waals surface area (Å²) in [4.78, 5) is 26.5. The van der Waals surface area contributed by atoms with Gasteiger partial charge in [0.1, 0.15) is 0 Å². The van der Waals surface area contributed by atoms with Gasteiger partial charge in [0.2, 0.25) is 0 Å². The molecule has 1 heterocycles. The van der Waals surface area contributed by atoms with Gasteiger partial charge in [-0.3, -0.25) is 9.36 Å². The van der Waals surface area contributed by atoms with Crippen LogP contribution in [-0.4, -0.2) is 15.3 Å². The molecule has 1 aromatic heterocycles. The lowest BCUT2D eigenvalue weighted by atomic mass is 10.2. The molecule has 0 aromatic carbocycles. The number of H-pyrrole nitrogens is 1. The summed E-state index contributed by atoms with van der Waals surface area (Å²) in [5.74, 6) is 1.11. The van der Waals surface area contributed by atoms with E-state index in [1.165, 1.54) is 22.5 Å². The largest absolute Gasteiger partial charge is 0.328 e. The zero-order valence-electron chi connectivity index (χ0n) is 9.24. The van der Waals surface area contributed by atoms with Crippen molar-refractivity contribution in [2.45, 2.75) is 32.2 Å². The van der Waals surface area contributed by atoms with E-state index in [1.54, 1.807) is 0 Å². The molecule has 0 radical (unpaired) electrons. The van der Waals surface area contributed by atoms with Crippen molar-refractivity contribution in [2.75, 3.05) is 5.75 Å². The Balaban J connectivity index is 3.18. The SMILES string of the molecule is CCSc1c[nH]c(=O)n(CC(C)C)c1=O. The highest BCUT2D eigenvalue weighted by Crippen LogP contribution is 2.09. The van der Waals surface area contributed by atoms with Gasteiger partial charge in [-0.15, -0.1) is 11.8 Å². The van der Waals surface area contributed by atoms with Gasteiger partial charge >= 0.3 is 5.69 Å². The van der Waals surface area contributed by atoms with Crippen molar-refractivity contribution in [3.05, 3.63) is 27.0 Å². The average Bonchev–Trinajstić information content (AvgIpc) is 2.17. The highest BCUT2D eigenvalue weighted by molar-refractivity contribution is 7.99. The normalized spacial score (nSPS) is 10.9. The van der Waals surface area contributed by atoms with Crippen LogP contribution in [0.1, 0.15) is 20.8 Å². The molecule has 0 fully saturated rings. The number of hydrogen-bond acceptors (Lipinski definition) is 3. The maximum atomic E-state index is 11.8. The second-order valence-electron chi connectivity index (χ2n) is 3.70. The van der Waals surface area contributed by atoms with E-state index in [2.05, 4.69) is 4.98 Å². The highest BCUT2D eigenvalue weighted by Gasteiger charge is 2.08. The number of rotatable bonds is 4. The van der Waals surface area contributed by atoms with E-state index < -0.39 is 0 Å². The molecule has 0 amide bonds. The van der Waals surface area contributed by atoms with Gasteiger partial charge < -0.3 is 4.98 Å². The molecule has 0 spiro atoms. The molecule has 0 unspecified atom stereocenters. The van der Waals surface area contributed by atoms with E-state index in [4.69, 9.17) is 0 Å². The van der Waals surface area contributed by atoms with Crippen LogP contribution >= 0.6 is 11.8 Å². The fourth-order valence-corrected chi connectivity index (χ4v) is 1.97. The standard InChI is InChI=1S/C10H16N2O2S/c1-4-15-8-5-11-10(14)12(9(8)13)6-7(2)3/h5,7H,4,6H2,1-3H3,(H,11,14). The topological polar surface area (TPSA) is 54.9 Å². The van der Waals surface area contributed by atoms with Gasteiger partial charge in [-0.2, -0.15) is 0 Å². The minimum atomic E-state index is -0.325. The van der Waals surface area contributed by atoms with E-state index in [0.29, 0.717) is 11.4 Å². The third-order valence-electron chi connectivity index (χ3n) is 1.88. The first-order valence-corrected chi connectivity index (χ1v) is 6.00. The molecule has 0 aliphatic rings. The molecule has 0 saturated carbocycles. The van der Waals surface area contributed by atoms with E-state index in [1.807, 2.05) is 20.8 Å². The van der Waals surface area contributed by atoms with Crippen LogP contribution < -0.4 is 11.2 Å². The molecule has 0 aliphatic heterocycles. The van der Waals surface area contributed by atoms with Crippen molar-refractivity contribution in [3.8, 4) is 0 Å². The number of hydrogen-bond donors (Lipinski definition) is 1. The Labute approximate surface area is 92.7 Å². The molecule has 0 bridgehead atoms. The van der Waals surface area contributed by atoms with Crippen LogP contribution in [0, 0.1) is 5.92 Å². The van der Waals surface area contributed by atoms with Crippen LogP contribution in [0.25, 0.3) is 0 Å². The lowest BCUT2D eigenvalue weighted by molar-refractivity contribution is 0.486. The van der Waals surface area contributed by atoms with Crippen molar-refractivity contribution in [1.29, 1.82) is 0 Å². The molecule has 1 rings (SSSR count). The monoisotopic (exact) mass is 228 g/mol. The lowest BCUT2D eigenvalue weighted by Crippen LogP contribution is -2.36. The Kier molecular flexibility index (Phi) is 4.20.